The highest BCUT2D eigenvalue weighted by molar-refractivity contribution is 6.18. The van der Waals surface area contributed by atoms with Gasteiger partial charge in [-0.25, -0.2) is 5.43 Å². The van der Waals surface area contributed by atoms with E-state index in [1.165, 1.54) is 6.21 Å². The first-order valence-corrected chi connectivity index (χ1v) is 9.54. The highest BCUT2D eigenvalue weighted by atomic mass is 35.5. The number of hydrazone groups is 1. The Kier molecular flexibility index (Phi) is 7.88. The van der Waals surface area contributed by atoms with E-state index in [9.17, 15) is 9.59 Å². The molecule has 0 saturated carbocycles. The Bertz CT molecular complexity index is 857. The molecule has 0 radical (unpaired) electrons. The molecule has 27 heavy (non-hydrogen) atoms. The Morgan fingerprint density at radius 1 is 1.19 bits per heavy atom. The van der Waals surface area contributed by atoms with Crippen LogP contribution in [-0.2, 0) is 0 Å². The molecule has 2 aromatic rings. The topological polar surface area (TPSA) is 77.6 Å². The lowest BCUT2D eigenvalue weighted by Gasteiger charge is -2.22. The van der Waals surface area contributed by atoms with Crippen LogP contribution in [0.1, 0.15) is 27.2 Å². The fourth-order valence-corrected chi connectivity index (χ4v) is 3.11. The van der Waals surface area contributed by atoms with Crippen LogP contribution < -0.4 is 15.9 Å². The van der Waals surface area contributed by atoms with Crippen LogP contribution >= 0.6 is 23.2 Å². The maximum absolute atomic E-state index is 12.2. The van der Waals surface area contributed by atoms with Crippen LogP contribution in [0, 0.1) is 13.8 Å². The first-order chi connectivity index (χ1) is 13.0. The lowest BCUT2D eigenvalue weighted by atomic mass is 10.1. The van der Waals surface area contributed by atoms with Crippen molar-refractivity contribution in [3.8, 4) is 0 Å². The number of pyridine rings is 1. The van der Waals surface area contributed by atoms with Crippen LogP contribution in [0.3, 0.4) is 0 Å². The van der Waals surface area contributed by atoms with E-state index in [0.717, 1.165) is 11.3 Å². The van der Waals surface area contributed by atoms with E-state index in [1.54, 1.807) is 19.9 Å². The Morgan fingerprint density at radius 3 is 2.37 bits per heavy atom. The third-order valence-electron chi connectivity index (χ3n) is 3.94. The van der Waals surface area contributed by atoms with Gasteiger partial charge in [0.25, 0.3) is 11.5 Å². The van der Waals surface area contributed by atoms with Crippen molar-refractivity contribution in [3.63, 3.8) is 0 Å². The van der Waals surface area contributed by atoms with E-state index >= 15 is 0 Å². The van der Waals surface area contributed by atoms with E-state index in [4.69, 9.17) is 23.2 Å². The lowest BCUT2D eigenvalue weighted by molar-refractivity contribution is 0.0953. The zero-order valence-corrected chi connectivity index (χ0v) is 16.8. The van der Waals surface area contributed by atoms with Gasteiger partial charge in [-0.15, -0.1) is 23.2 Å². The average Bonchev–Trinajstić information content (AvgIpc) is 2.61. The maximum atomic E-state index is 12.2. The van der Waals surface area contributed by atoms with Crippen molar-refractivity contribution in [1.82, 2.24) is 10.4 Å². The van der Waals surface area contributed by atoms with Crippen LogP contribution in [0.15, 0.2) is 40.2 Å². The second-order valence-corrected chi connectivity index (χ2v) is 6.75. The number of hydrogen-bond acceptors (Lipinski definition) is 4. The highest BCUT2D eigenvalue weighted by Gasteiger charge is 2.13. The molecule has 8 heteroatoms. The summed E-state index contributed by atoms with van der Waals surface area (Å²) in [5.74, 6) is 0.491. The van der Waals surface area contributed by atoms with E-state index in [-0.39, 0.29) is 5.56 Å². The van der Waals surface area contributed by atoms with Crippen LogP contribution in [0.25, 0.3) is 0 Å². The van der Waals surface area contributed by atoms with Crippen molar-refractivity contribution in [1.29, 1.82) is 0 Å². The number of anilines is 1. The van der Waals surface area contributed by atoms with Gasteiger partial charge in [0, 0.05) is 36.2 Å². The summed E-state index contributed by atoms with van der Waals surface area (Å²) in [7, 11) is 0. The number of carbonyl (C=O) groups is 1. The Labute approximate surface area is 168 Å². The number of alkyl halides is 2. The summed E-state index contributed by atoms with van der Waals surface area (Å²) in [5.41, 5.74) is 5.16. The molecule has 1 aromatic heterocycles. The molecule has 0 aliphatic carbocycles. The summed E-state index contributed by atoms with van der Waals surface area (Å²) in [6, 6.07) is 9.38. The van der Waals surface area contributed by atoms with Crippen molar-refractivity contribution in [3.05, 3.63) is 63.1 Å². The molecule has 0 bridgehead atoms. The van der Waals surface area contributed by atoms with Crippen LogP contribution in [0.4, 0.5) is 5.69 Å². The van der Waals surface area contributed by atoms with Gasteiger partial charge in [0.1, 0.15) is 5.56 Å². The molecule has 0 aliphatic rings. The van der Waals surface area contributed by atoms with Crippen molar-refractivity contribution in [2.75, 3.05) is 29.7 Å². The maximum Gasteiger partial charge on any atom is 0.277 e. The monoisotopic (exact) mass is 408 g/mol. The van der Waals surface area contributed by atoms with Gasteiger partial charge in [0.2, 0.25) is 0 Å². The third kappa shape index (κ3) is 5.84. The summed E-state index contributed by atoms with van der Waals surface area (Å²) in [6.07, 6.45) is 1.52. The highest BCUT2D eigenvalue weighted by Crippen LogP contribution is 2.15. The van der Waals surface area contributed by atoms with Crippen molar-refractivity contribution in [2.24, 2.45) is 5.10 Å². The first-order valence-electron chi connectivity index (χ1n) is 8.47. The van der Waals surface area contributed by atoms with Gasteiger partial charge < -0.3 is 9.88 Å². The zero-order valence-electron chi connectivity index (χ0n) is 15.3. The van der Waals surface area contributed by atoms with E-state index in [1.807, 2.05) is 24.3 Å². The molecule has 1 amide bonds. The smallest absolute Gasteiger partial charge is 0.277 e. The Morgan fingerprint density at radius 2 is 1.81 bits per heavy atom. The summed E-state index contributed by atoms with van der Waals surface area (Å²) in [6.45, 7) is 4.90. The molecular formula is C19H22Cl2N4O2. The van der Waals surface area contributed by atoms with E-state index in [2.05, 4.69) is 20.4 Å². The van der Waals surface area contributed by atoms with Crippen LogP contribution in [0.5, 0.6) is 0 Å². The fourth-order valence-electron chi connectivity index (χ4n) is 2.70. The number of carbonyl (C=O) groups excluding carboxylic acids is 1. The van der Waals surface area contributed by atoms with Gasteiger partial charge in [0.15, 0.2) is 0 Å². The molecule has 1 aromatic carbocycles. The standard InChI is InChI=1S/C19H22Cl2N4O2/c1-13-11-14(2)23-18(26)17(13)19(27)24-22-12-15-3-5-16(6-4-15)25(9-7-20)10-8-21/h3-6,11-12H,7-10H2,1-2H3,(H,23,26)(H,24,27). The molecular weight excluding hydrogens is 387 g/mol. The summed E-state index contributed by atoms with van der Waals surface area (Å²) < 4.78 is 0. The minimum Gasteiger partial charge on any atom is -0.369 e. The molecule has 6 nitrogen and oxygen atoms in total. The van der Waals surface area contributed by atoms with Crippen LogP contribution in [0.2, 0.25) is 0 Å². The van der Waals surface area contributed by atoms with Crippen LogP contribution in [-0.4, -0.2) is 42.0 Å². The first kappa shape index (κ1) is 21.0. The number of aromatic amines is 1. The van der Waals surface area contributed by atoms with E-state index < -0.39 is 11.5 Å². The number of hydrogen-bond donors (Lipinski definition) is 2. The number of nitrogens with zero attached hydrogens (tertiary/aromatic N) is 2. The molecule has 0 aliphatic heterocycles. The molecule has 0 atom stereocenters. The van der Waals surface area contributed by atoms with Gasteiger partial charge in [-0.2, -0.15) is 5.10 Å². The van der Waals surface area contributed by atoms with Gasteiger partial charge in [-0.1, -0.05) is 12.1 Å². The predicted octanol–water partition coefficient (Wildman–Crippen LogP) is 3.04. The lowest BCUT2D eigenvalue weighted by Crippen LogP contribution is -2.28. The van der Waals surface area contributed by atoms with E-state index in [0.29, 0.717) is 36.1 Å². The number of amides is 1. The quantitative estimate of drug-likeness (QED) is 0.400. The van der Waals surface area contributed by atoms with Gasteiger partial charge in [-0.3, -0.25) is 9.59 Å². The summed E-state index contributed by atoms with van der Waals surface area (Å²) in [5, 5.41) is 3.94. The molecule has 2 N–H and O–H groups in total. The zero-order chi connectivity index (χ0) is 19.8. The number of benzene rings is 1. The molecule has 144 valence electrons. The van der Waals surface area contributed by atoms with Crippen molar-refractivity contribution >= 4 is 41.0 Å². The molecule has 0 fully saturated rings. The third-order valence-corrected chi connectivity index (χ3v) is 4.28. The molecule has 0 spiro atoms. The molecule has 0 saturated heterocycles. The van der Waals surface area contributed by atoms with Crippen molar-refractivity contribution in [2.45, 2.75) is 13.8 Å². The number of aryl methyl sites for hydroxylation is 2. The predicted molar refractivity (Wildman–Crippen MR) is 112 cm³/mol. The minimum absolute atomic E-state index is 0.0610. The van der Waals surface area contributed by atoms with Gasteiger partial charge in [0.05, 0.1) is 6.21 Å². The number of rotatable bonds is 8. The summed E-state index contributed by atoms with van der Waals surface area (Å²) in [4.78, 5) is 28.9. The molecule has 1 heterocycles. The number of halogens is 2. The largest absolute Gasteiger partial charge is 0.369 e. The number of nitrogens with one attached hydrogen (secondary N) is 2. The van der Waals surface area contributed by atoms with Gasteiger partial charge in [-0.05, 0) is 43.2 Å². The second kappa shape index (κ2) is 10.1. The Hall–Kier alpha value is -2.31. The normalized spacial score (nSPS) is 11.0. The van der Waals surface area contributed by atoms with Gasteiger partial charge >= 0.3 is 0 Å². The molecule has 2 rings (SSSR count). The fraction of sp³-hybridized carbons (Fsp3) is 0.316. The number of aromatic nitrogens is 1. The SMILES string of the molecule is Cc1cc(C)c(C(=O)NN=Cc2ccc(N(CCCl)CCCl)cc2)c(=O)[nH]1. The average molecular weight is 409 g/mol. The van der Waals surface area contributed by atoms with Crippen molar-refractivity contribution < 1.29 is 4.79 Å². The second-order valence-electron chi connectivity index (χ2n) is 6.00. The Balaban J connectivity index is 2.04. The minimum atomic E-state index is -0.544. The number of H-pyrrole nitrogens is 1. The molecule has 0 unspecified atom stereocenters. The summed E-state index contributed by atoms with van der Waals surface area (Å²) >= 11 is 11.6.